The third-order valence-corrected chi connectivity index (χ3v) is 3.35. The normalized spacial score (nSPS) is 17.4. The van der Waals surface area contributed by atoms with Crippen molar-refractivity contribution >= 4 is 0 Å². The van der Waals surface area contributed by atoms with Crippen LogP contribution in [0.4, 0.5) is 0 Å². The summed E-state index contributed by atoms with van der Waals surface area (Å²) in [6, 6.07) is 0.198. The molecule has 92 valence electrons. The molecular weight excluding hydrogens is 202 g/mol. The quantitative estimate of drug-likeness (QED) is 0.716. The molecule has 0 aliphatic carbocycles. The molecule has 4 heteroatoms. The van der Waals surface area contributed by atoms with Crippen LogP contribution in [0.1, 0.15) is 45.0 Å². The van der Waals surface area contributed by atoms with Gasteiger partial charge in [-0.15, -0.1) is 0 Å². The molecule has 1 aromatic rings. The Balaban J connectivity index is 2.54. The number of rotatable bonds is 5. The van der Waals surface area contributed by atoms with E-state index in [1.807, 2.05) is 33.9 Å². The van der Waals surface area contributed by atoms with Crippen molar-refractivity contribution in [3.8, 4) is 0 Å². The van der Waals surface area contributed by atoms with Gasteiger partial charge in [0.25, 0.3) is 0 Å². The molecular formula is C12H23N3O. The smallest absolute Gasteiger partial charge is 0.0766 e. The Bertz CT molecular complexity index is 331. The molecule has 0 amide bonds. The minimum atomic E-state index is -0.675. The molecule has 0 saturated carbocycles. The average molecular weight is 225 g/mol. The van der Waals surface area contributed by atoms with E-state index in [-0.39, 0.29) is 12.0 Å². The Kier molecular flexibility index (Phi) is 4.10. The molecule has 1 rings (SSSR count). The first-order valence-electron chi connectivity index (χ1n) is 5.80. The highest BCUT2D eigenvalue weighted by Crippen LogP contribution is 2.18. The summed E-state index contributed by atoms with van der Waals surface area (Å²) in [6.45, 7) is 10.6. The molecule has 1 aromatic heterocycles. The van der Waals surface area contributed by atoms with E-state index in [1.54, 1.807) is 0 Å². The van der Waals surface area contributed by atoms with Crippen molar-refractivity contribution in [1.82, 2.24) is 15.5 Å². The van der Waals surface area contributed by atoms with E-state index in [0.29, 0.717) is 6.54 Å². The second-order valence-corrected chi connectivity index (χ2v) is 5.06. The van der Waals surface area contributed by atoms with Gasteiger partial charge >= 0.3 is 0 Å². The van der Waals surface area contributed by atoms with Crippen LogP contribution in [0.25, 0.3) is 0 Å². The van der Waals surface area contributed by atoms with Gasteiger partial charge in [-0.3, -0.25) is 5.10 Å². The van der Waals surface area contributed by atoms with Crippen molar-refractivity contribution < 1.29 is 5.11 Å². The third-order valence-electron chi connectivity index (χ3n) is 3.35. The van der Waals surface area contributed by atoms with Gasteiger partial charge < -0.3 is 10.4 Å². The largest absolute Gasteiger partial charge is 0.389 e. The summed E-state index contributed by atoms with van der Waals surface area (Å²) < 4.78 is 0. The second-order valence-electron chi connectivity index (χ2n) is 5.06. The highest BCUT2D eigenvalue weighted by molar-refractivity contribution is 5.18. The van der Waals surface area contributed by atoms with Crippen molar-refractivity contribution in [3.05, 3.63) is 17.5 Å². The van der Waals surface area contributed by atoms with Crippen molar-refractivity contribution in [3.63, 3.8) is 0 Å². The molecule has 0 spiro atoms. The molecule has 2 unspecified atom stereocenters. The van der Waals surface area contributed by atoms with Crippen molar-refractivity contribution in [2.45, 2.75) is 46.3 Å². The Morgan fingerprint density at radius 2 is 2.12 bits per heavy atom. The zero-order valence-electron chi connectivity index (χ0n) is 10.8. The monoisotopic (exact) mass is 225 g/mol. The zero-order valence-corrected chi connectivity index (χ0v) is 10.8. The van der Waals surface area contributed by atoms with E-state index in [1.165, 1.54) is 0 Å². The summed E-state index contributed by atoms with van der Waals surface area (Å²) in [5, 5.41) is 20.4. The van der Waals surface area contributed by atoms with Gasteiger partial charge in [0.05, 0.1) is 11.8 Å². The number of nitrogens with zero attached hydrogens (tertiary/aromatic N) is 1. The minimum Gasteiger partial charge on any atom is -0.389 e. The molecule has 0 aliphatic rings. The van der Waals surface area contributed by atoms with Crippen LogP contribution in [0.2, 0.25) is 0 Å². The number of H-pyrrole nitrogens is 1. The summed E-state index contributed by atoms with van der Waals surface area (Å²) in [4.78, 5) is 0. The Hall–Kier alpha value is -0.870. The number of aryl methyl sites for hydroxylation is 1. The fourth-order valence-corrected chi connectivity index (χ4v) is 1.47. The van der Waals surface area contributed by atoms with E-state index in [2.05, 4.69) is 22.4 Å². The number of hydrogen-bond donors (Lipinski definition) is 3. The van der Waals surface area contributed by atoms with E-state index in [9.17, 15) is 5.11 Å². The molecule has 0 radical (unpaired) electrons. The van der Waals surface area contributed by atoms with Crippen molar-refractivity contribution in [1.29, 1.82) is 0 Å². The predicted molar refractivity (Wildman–Crippen MR) is 65.2 cm³/mol. The van der Waals surface area contributed by atoms with Crippen LogP contribution in [0.15, 0.2) is 6.20 Å². The lowest BCUT2D eigenvalue weighted by Gasteiger charge is -2.29. The van der Waals surface area contributed by atoms with Crippen LogP contribution in [-0.4, -0.2) is 27.4 Å². The topological polar surface area (TPSA) is 60.9 Å². The molecule has 0 aliphatic heterocycles. The SMILES string of the molecule is Cc1[nH]ncc1C(C)NCC(C)(O)C(C)C. The number of nitrogens with one attached hydrogen (secondary N) is 2. The number of aliphatic hydroxyl groups is 1. The van der Waals surface area contributed by atoms with E-state index < -0.39 is 5.60 Å². The highest BCUT2D eigenvalue weighted by atomic mass is 16.3. The van der Waals surface area contributed by atoms with E-state index in [4.69, 9.17) is 0 Å². The minimum absolute atomic E-state index is 0.198. The number of hydrogen-bond acceptors (Lipinski definition) is 3. The maximum Gasteiger partial charge on any atom is 0.0766 e. The van der Waals surface area contributed by atoms with Crippen LogP contribution < -0.4 is 5.32 Å². The molecule has 0 aromatic carbocycles. The summed E-state index contributed by atoms with van der Waals surface area (Å²) in [6.07, 6.45) is 1.83. The van der Waals surface area contributed by atoms with Gasteiger partial charge in [0.1, 0.15) is 0 Å². The van der Waals surface area contributed by atoms with E-state index >= 15 is 0 Å². The molecule has 0 saturated heterocycles. The molecule has 0 fully saturated rings. The van der Waals surface area contributed by atoms with Crippen LogP contribution >= 0.6 is 0 Å². The van der Waals surface area contributed by atoms with Gasteiger partial charge in [0.15, 0.2) is 0 Å². The molecule has 16 heavy (non-hydrogen) atoms. The lowest BCUT2D eigenvalue weighted by atomic mass is 9.92. The predicted octanol–water partition coefficient (Wildman–Crippen LogP) is 1.78. The molecule has 1 heterocycles. The fraction of sp³-hybridized carbons (Fsp3) is 0.750. The van der Waals surface area contributed by atoms with Gasteiger partial charge in [-0.2, -0.15) is 5.10 Å². The van der Waals surface area contributed by atoms with E-state index in [0.717, 1.165) is 11.3 Å². The first kappa shape index (κ1) is 13.2. The van der Waals surface area contributed by atoms with Crippen LogP contribution in [0.3, 0.4) is 0 Å². The fourth-order valence-electron chi connectivity index (χ4n) is 1.47. The average Bonchev–Trinajstić information content (AvgIpc) is 2.61. The van der Waals surface area contributed by atoms with Gasteiger partial charge in [0, 0.05) is 23.8 Å². The van der Waals surface area contributed by atoms with Gasteiger partial charge in [-0.05, 0) is 26.7 Å². The summed E-state index contributed by atoms with van der Waals surface area (Å²) >= 11 is 0. The number of aromatic nitrogens is 2. The van der Waals surface area contributed by atoms with Gasteiger partial charge in [-0.1, -0.05) is 13.8 Å². The second kappa shape index (κ2) is 4.97. The zero-order chi connectivity index (χ0) is 12.3. The lowest BCUT2D eigenvalue weighted by Crippen LogP contribution is -2.43. The maximum atomic E-state index is 10.1. The Morgan fingerprint density at radius 3 is 2.56 bits per heavy atom. The number of aromatic amines is 1. The highest BCUT2D eigenvalue weighted by Gasteiger charge is 2.25. The summed E-state index contributed by atoms with van der Waals surface area (Å²) in [7, 11) is 0. The summed E-state index contributed by atoms with van der Waals surface area (Å²) in [5.41, 5.74) is 1.55. The lowest BCUT2D eigenvalue weighted by molar-refractivity contribution is 0.0122. The first-order valence-corrected chi connectivity index (χ1v) is 5.80. The maximum absolute atomic E-state index is 10.1. The standard InChI is InChI=1S/C12H23N3O/c1-8(2)12(5,16)7-13-9(3)11-6-14-15-10(11)4/h6,8-9,13,16H,7H2,1-5H3,(H,14,15). The first-order chi connectivity index (χ1) is 7.34. The molecule has 2 atom stereocenters. The van der Waals surface area contributed by atoms with Crippen molar-refractivity contribution in [2.75, 3.05) is 6.54 Å². The van der Waals surface area contributed by atoms with Crippen molar-refractivity contribution in [2.24, 2.45) is 5.92 Å². The van der Waals surface area contributed by atoms with Crippen LogP contribution in [-0.2, 0) is 0 Å². The molecule has 3 N–H and O–H groups in total. The third kappa shape index (κ3) is 3.06. The van der Waals surface area contributed by atoms with Gasteiger partial charge in [0.2, 0.25) is 0 Å². The summed E-state index contributed by atoms with van der Waals surface area (Å²) in [5.74, 6) is 0.234. The molecule has 4 nitrogen and oxygen atoms in total. The van der Waals surface area contributed by atoms with Crippen LogP contribution in [0, 0.1) is 12.8 Å². The molecule has 0 bridgehead atoms. The Morgan fingerprint density at radius 1 is 1.50 bits per heavy atom. The Labute approximate surface area is 97.5 Å². The van der Waals surface area contributed by atoms with Crippen LogP contribution in [0.5, 0.6) is 0 Å². The van der Waals surface area contributed by atoms with Gasteiger partial charge in [-0.25, -0.2) is 0 Å².